The summed E-state index contributed by atoms with van der Waals surface area (Å²) < 4.78 is 1.91. The number of aromatic nitrogens is 2. The zero-order chi connectivity index (χ0) is 16.9. The van der Waals surface area contributed by atoms with E-state index < -0.39 is 5.97 Å². The molecule has 122 valence electrons. The van der Waals surface area contributed by atoms with Gasteiger partial charge in [0, 0.05) is 24.0 Å². The largest absolute Gasteiger partial charge is 0.478 e. The highest BCUT2D eigenvalue weighted by Crippen LogP contribution is 2.17. The molecule has 0 aliphatic rings. The number of benzene rings is 2. The minimum Gasteiger partial charge on any atom is -0.478 e. The summed E-state index contributed by atoms with van der Waals surface area (Å²) >= 11 is 0. The second-order valence-corrected chi connectivity index (χ2v) is 5.72. The number of carboxylic acids is 1. The Bertz CT molecular complexity index is 841. The molecule has 0 aliphatic carbocycles. The Morgan fingerprint density at radius 1 is 1.17 bits per heavy atom. The molecule has 1 heterocycles. The van der Waals surface area contributed by atoms with Crippen molar-refractivity contribution in [2.75, 3.05) is 5.32 Å². The molecule has 0 saturated carbocycles. The molecule has 1 aromatic heterocycles. The molecule has 0 spiro atoms. The summed E-state index contributed by atoms with van der Waals surface area (Å²) in [6.45, 7) is 3.28. The first-order valence-corrected chi connectivity index (χ1v) is 7.75. The quantitative estimate of drug-likeness (QED) is 0.728. The van der Waals surface area contributed by atoms with Gasteiger partial charge in [-0.25, -0.2) is 4.79 Å². The molecule has 5 heteroatoms. The Hall–Kier alpha value is -3.08. The summed E-state index contributed by atoms with van der Waals surface area (Å²) in [6.07, 6.45) is 3.86. The van der Waals surface area contributed by atoms with Crippen molar-refractivity contribution in [3.05, 3.63) is 83.2 Å². The maximum atomic E-state index is 11.0. The van der Waals surface area contributed by atoms with Crippen LogP contribution in [0.5, 0.6) is 0 Å². The summed E-state index contributed by atoms with van der Waals surface area (Å²) in [5, 5.41) is 16.7. The Labute approximate surface area is 140 Å². The van der Waals surface area contributed by atoms with Crippen molar-refractivity contribution < 1.29 is 9.90 Å². The fourth-order valence-electron chi connectivity index (χ4n) is 2.55. The number of carbonyl (C=O) groups is 1. The van der Waals surface area contributed by atoms with Gasteiger partial charge in [0.25, 0.3) is 0 Å². The molecule has 0 unspecified atom stereocenters. The average molecular weight is 321 g/mol. The number of carboxylic acid groups (broad SMARTS) is 1. The molecule has 0 fully saturated rings. The third-order valence-electron chi connectivity index (χ3n) is 3.83. The minimum atomic E-state index is -0.910. The van der Waals surface area contributed by atoms with Crippen LogP contribution in [-0.4, -0.2) is 20.9 Å². The first kappa shape index (κ1) is 15.8. The maximum absolute atomic E-state index is 11.0. The smallest absolute Gasteiger partial charge is 0.335 e. The van der Waals surface area contributed by atoms with Crippen LogP contribution in [0.3, 0.4) is 0 Å². The maximum Gasteiger partial charge on any atom is 0.335 e. The van der Waals surface area contributed by atoms with E-state index >= 15 is 0 Å². The average Bonchev–Trinajstić information content (AvgIpc) is 3.02. The minimum absolute atomic E-state index is 0.300. The Kier molecular flexibility index (Phi) is 4.61. The standard InChI is InChI=1S/C19H19N3O2/c1-14-9-17(19(23)24)7-8-18(14)20-10-16-11-21-22(13-16)12-15-5-3-2-4-6-15/h2-9,11,13,20H,10,12H2,1H3,(H,23,24). The van der Waals surface area contributed by atoms with Gasteiger partial charge in [0.05, 0.1) is 18.3 Å². The summed E-state index contributed by atoms with van der Waals surface area (Å²) in [6, 6.07) is 15.3. The van der Waals surface area contributed by atoms with Gasteiger partial charge in [-0.1, -0.05) is 30.3 Å². The van der Waals surface area contributed by atoms with E-state index in [9.17, 15) is 4.79 Å². The number of hydrogen-bond acceptors (Lipinski definition) is 3. The molecule has 2 N–H and O–H groups in total. The molecule has 3 aromatic rings. The molecule has 0 amide bonds. The zero-order valence-electron chi connectivity index (χ0n) is 13.4. The molecular weight excluding hydrogens is 302 g/mol. The second-order valence-electron chi connectivity index (χ2n) is 5.72. The van der Waals surface area contributed by atoms with Crippen molar-refractivity contribution in [2.24, 2.45) is 0 Å². The van der Waals surface area contributed by atoms with E-state index in [4.69, 9.17) is 5.11 Å². The van der Waals surface area contributed by atoms with E-state index in [1.165, 1.54) is 5.56 Å². The molecule has 0 aliphatic heterocycles. The van der Waals surface area contributed by atoms with Gasteiger partial charge in [0.1, 0.15) is 0 Å². The van der Waals surface area contributed by atoms with Gasteiger partial charge in [-0.05, 0) is 36.2 Å². The molecule has 0 bridgehead atoms. The summed E-state index contributed by atoms with van der Waals surface area (Å²) in [4.78, 5) is 11.0. The van der Waals surface area contributed by atoms with Crippen LogP contribution >= 0.6 is 0 Å². The van der Waals surface area contributed by atoms with Crippen LogP contribution in [-0.2, 0) is 13.1 Å². The predicted molar refractivity (Wildman–Crippen MR) is 93.2 cm³/mol. The molecule has 0 radical (unpaired) electrons. The molecule has 24 heavy (non-hydrogen) atoms. The van der Waals surface area contributed by atoms with Gasteiger partial charge >= 0.3 is 5.97 Å². The number of rotatable bonds is 6. The Morgan fingerprint density at radius 2 is 1.96 bits per heavy atom. The Balaban J connectivity index is 1.62. The normalized spacial score (nSPS) is 10.5. The van der Waals surface area contributed by atoms with Crippen LogP contribution in [0.15, 0.2) is 60.9 Å². The number of nitrogens with one attached hydrogen (secondary N) is 1. The molecule has 3 rings (SSSR count). The first-order chi connectivity index (χ1) is 11.6. The van der Waals surface area contributed by atoms with E-state index in [-0.39, 0.29) is 0 Å². The van der Waals surface area contributed by atoms with Crippen LogP contribution in [0.25, 0.3) is 0 Å². The van der Waals surface area contributed by atoms with Gasteiger partial charge in [0.2, 0.25) is 0 Å². The van der Waals surface area contributed by atoms with Crippen molar-refractivity contribution in [1.29, 1.82) is 0 Å². The monoisotopic (exact) mass is 321 g/mol. The highest BCUT2D eigenvalue weighted by atomic mass is 16.4. The third-order valence-corrected chi connectivity index (χ3v) is 3.83. The number of aromatic carboxylic acids is 1. The summed E-state index contributed by atoms with van der Waals surface area (Å²) in [7, 11) is 0. The van der Waals surface area contributed by atoms with Crippen LogP contribution in [0.4, 0.5) is 5.69 Å². The van der Waals surface area contributed by atoms with E-state index in [2.05, 4.69) is 22.5 Å². The van der Waals surface area contributed by atoms with Crippen LogP contribution in [0, 0.1) is 6.92 Å². The van der Waals surface area contributed by atoms with Gasteiger partial charge in [-0.3, -0.25) is 4.68 Å². The van der Waals surface area contributed by atoms with Crippen molar-refractivity contribution in [3.63, 3.8) is 0 Å². The van der Waals surface area contributed by atoms with Crippen molar-refractivity contribution in [3.8, 4) is 0 Å². The lowest BCUT2D eigenvalue weighted by Crippen LogP contribution is -2.03. The summed E-state index contributed by atoms with van der Waals surface area (Å²) in [5.41, 5.74) is 4.42. The van der Waals surface area contributed by atoms with Crippen LogP contribution < -0.4 is 5.32 Å². The fraction of sp³-hybridized carbons (Fsp3) is 0.158. The zero-order valence-corrected chi connectivity index (χ0v) is 13.4. The van der Waals surface area contributed by atoms with Gasteiger partial charge < -0.3 is 10.4 Å². The lowest BCUT2D eigenvalue weighted by molar-refractivity contribution is 0.0697. The van der Waals surface area contributed by atoms with E-state index in [0.29, 0.717) is 12.1 Å². The highest BCUT2D eigenvalue weighted by molar-refractivity contribution is 5.88. The van der Waals surface area contributed by atoms with E-state index in [1.54, 1.807) is 18.2 Å². The molecule has 0 saturated heterocycles. The Morgan fingerprint density at radius 3 is 2.67 bits per heavy atom. The predicted octanol–water partition coefficient (Wildman–Crippen LogP) is 3.55. The second kappa shape index (κ2) is 7.00. The number of hydrogen-bond donors (Lipinski definition) is 2. The molecular formula is C19H19N3O2. The van der Waals surface area contributed by atoms with E-state index in [0.717, 1.165) is 23.4 Å². The fourth-order valence-corrected chi connectivity index (χ4v) is 2.55. The number of aryl methyl sites for hydroxylation is 1. The lowest BCUT2D eigenvalue weighted by Gasteiger charge is -2.09. The third kappa shape index (κ3) is 3.81. The first-order valence-electron chi connectivity index (χ1n) is 7.75. The van der Waals surface area contributed by atoms with Crippen LogP contribution in [0.1, 0.15) is 27.0 Å². The number of anilines is 1. The molecule has 5 nitrogen and oxygen atoms in total. The molecule has 0 atom stereocenters. The lowest BCUT2D eigenvalue weighted by atomic mass is 10.1. The van der Waals surface area contributed by atoms with Gasteiger partial charge in [0.15, 0.2) is 0 Å². The highest BCUT2D eigenvalue weighted by Gasteiger charge is 2.06. The van der Waals surface area contributed by atoms with Gasteiger partial charge in [-0.2, -0.15) is 5.10 Å². The topological polar surface area (TPSA) is 67.2 Å². The van der Waals surface area contributed by atoms with E-state index in [1.807, 2.05) is 42.2 Å². The SMILES string of the molecule is Cc1cc(C(=O)O)ccc1NCc1cnn(Cc2ccccc2)c1. The van der Waals surface area contributed by atoms with Crippen molar-refractivity contribution in [1.82, 2.24) is 9.78 Å². The summed E-state index contributed by atoms with van der Waals surface area (Å²) in [5.74, 6) is -0.910. The van der Waals surface area contributed by atoms with Crippen molar-refractivity contribution in [2.45, 2.75) is 20.0 Å². The van der Waals surface area contributed by atoms with Crippen LogP contribution in [0.2, 0.25) is 0 Å². The van der Waals surface area contributed by atoms with Crippen molar-refractivity contribution >= 4 is 11.7 Å². The number of nitrogens with zero attached hydrogens (tertiary/aromatic N) is 2. The van der Waals surface area contributed by atoms with Gasteiger partial charge in [-0.15, -0.1) is 0 Å². The molecule has 2 aromatic carbocycles.